The molecule has 4 rings (SSSR count). The van der Waals surface area contributed by atoms with Crippen molar-refractivity contribution >= 4 is 27.6 Å². The fraction of sp³-hybridized carbons (Fsp3) is 0.316. The van der Waals surface area contributed by atoms with Gasteiger partial charge in [-0.3, -0.25) is 4.79 Å². The van der Waals surface area contributed by atoms with Gasteiger partial charge in [0.15, 0.2) is 11.3 Å². The van der Waals surface area contributed by atoms with E-state index in [1.807, 2.05) is 30.3 Å². The average molecular weight is 309 g/mol. The van der Waals surface area contributed by atoms with E-state index >= 15 is 0 Å². The molecule has 1 aliphatic heterocycles. The smallest absolute Gasteiger partial charge is 0.199 e. The maximum Gasteiger partial charge on any atom is 0.199 e. The van der Waals surface area contributed by atoms with E-state index in [9.17, 15) is 4.79 Å². The standard InChI is InChI=1S/C19H19NO3/c1-22-16-12-17-19(14-8-4-3-7-13(14)16)15(21)11-18(23-17)20-9-5-2-6-10-20/h3-4,7-8,11-12H,2,5-6,9-10H2,1H3. The minimum atomic E-state index is 0.00526. The summed E-state index contributed by atoms with van der Waals surface area (Å²) in [6.07, 6.45) is 3.53. The molecule has 0 N–H and O–H groups in total. The van der Waals surface area contributed by atoms with Crippen LogP contribution >= 0.6 is 0 Å². The van der Waals surface area contributed by atoms with Crippen LogP contribution < -0.4 is 15.1 Å². The Hall–Kier alpha value is -2.49. The van der Waals surface area contributed by atoms with Crippen LogP contribution in [0, 0.1) is 0 Å². The molecular weight excluding hydrogens is 290 g/mol. The second kappa shape index (κ2) is 5.61. The van der Waals surface area contributed by atoms with Crippen LogP contribution in [0.1, 0.15) is 19.3 Å². The molecular formula is C19H19NO3. The summed E-state index contributed by atoms with van der Waals surface area (Å²) in [5, 5.41) is 2.43. The Bertz CT molecular complexity index is 923. The largest absolute Gasteiger partial charge is 0.496 e. The molecule has 1 fully saturated rings. The minimum Gasteiger partial charge on any atom is -0.496 e. The summed E-state index contributed by atoms with van der Waals surface area (Å²) in [6, 6.07) is 11.2. The average Bonchev–Trinajstić information content (AvgIpc) is 2.61. The Morgan fingerprint density at radius 3 is 2.52 bits per heavy atom. The first-order valence-electron chi connectivity index (χ1n) is 8.06. The van der Waals surface area contributed by atoms with Crippen LogP contribution in [0.25, 0.3) is 21.7 Å². The van der Waals surface area contributed by atoms with Crippen molar-refractivity contribution in [1.82, 2.24) is 0 Å². The number of ether oxygens (including phenoxy) is 1. The van der Waals surface area contributed by atoms with E-state index in [1.165, 1.54) is 6.42 Å². The molecule has 4 nitrogen and oxygen atoms in total. The van der Waals surface area contributed by atoms with E-state index < -0.39 is 0 Å². The number of benzene rings is 2. The Kier molecular flexibility index (Phi) is 3.45. The van der Waals surface area contributed by atoms with Gasteiger partial charge in [-0.25, -0.2) is 0 Å². The van der Waals surface area contributed by atoms with Crippen LogP contribution in [-0.2, 0) is 0 Å². The molecule has 0 radical (unpaired) electrons. The highest BCUT2D eigenvalue weighted by Gasteiger charge is 2.17. The lowest BCUT2D eigenvalue weighted by Crippen LogP contribution is -2.30. The van der Waals surface area contributed by atoms with E-state index in [2.05, 4.69) is 4.90 Å². The number of fused-ring (bicyclic) bond motifs is 3. The molecule has 23 heavy (non-hydrogen) atoms. The molecule has 2 heterocycles. The molecule has 3 aromatic rings. The van der Waals surface area contributed by atoms with Crippen LogP contribution in [0.15, 0.2) is 45.6 Å². The predicted molar refractivity (Wildman–Crippen MR) is 92.6 cm³/mol. The van der Waals surface area contributed by atoms with Crippen molar-refractivity contribution in [2.45, 2.75) is 19.3 Å². The van der Waals surface area contributed by atoms with E-state index in [0.29, 0.717) is 16.9 Å². The number of hydrogen-bond donors (Lipinski definition) is 0. The fourth-order valence-corrected chi connectivity index (χ4v) is 3.42. The topological polar surface area (TPSA) is 42.7 Å². The van der Waals surface area contributed by atoms with Gasteiger partial charge in [-0.1, -0.05) is 24.3 Å². The van der Waals surface area contributed by atoms with Crippen molar-refractivity contribution in [2.24, 2.45) is 0 Å². The number of anilines is 1. The molecule has 118 valence electrons. The third-order valence-corrected chi connectivity index (χ3v) is 4.57. The zero-order valence-electron chi connectivity index (χ0n) is 13.2. The molecule has 4 heteroatoms. The molecule has 0 aliphatic carbocycles. The van der Waals surface area contributed by atoms with Crippen molar-refractivity contribution in [3.63, 3.8) is 0 Å². The third-order valence-electron chi connectivity index (χ3n) is 4.57. The van der Waals surface area contributed by atoms with Crippen molar-refractivity contribution in [3.8, 4) is 5.75 Å². The van der Waals surface area contributed by atoms with Gasteiger partial charge in [-0.15, -0.1) is 0 Å². The number of rotatable bonds is 2. The third kappa shape index (κ3) is 2.34. The van der Waals surface area contributed by atoms with Crippen LogP contribution in [0.5, 0.6) is 5.75 Å². The maximum atomic E-state index is 12.7. The Balaban J connectivity index is 1.99. The van der Waals surface area contributed by atoms with Crippen molar-refractivity contribution in [2.75, 3.05) is 25.1 Å². The van der Waals surface area contributed by atoms with E-state index in [-0.39, 0.29) is 5.43 Å². The lowest BCUT2D eigenvalue weighted by Gasteiger charge is -2.27. The van der Waals surface area contributed by atoms with Gasteiger partial charge >= 0.3 is 0 Å². The summed E-state index contributed by atoms with van der Waals surface area (Å²) in [5.41, 5.74) is 0.597. The molecule has 0 spiro atoms. The first-order chi connectivity index (χ1) is 11.3. The van der Waals surface area contributed by atoms with Gasteiger partial charge in [-0.2, -0.15) is 0 Å². The number of methoxy groups -OCH3 is 1. The van der Waals surface area contributed by atoms with Gasteiger partial charge < -0.3 is 14.1 Å². The van der Waals surface area contributed by atoms with Gasteiger partial charge in [-0.05, 0) is 19.3 Å². The van der Waals surface area contributed by atoms with Crippen LogP contribution in [-0.4, -0.2) is 20.2 Å². The molecule has 0 unspecified atom stereocenters. The van der Waals surface area contributed by atoms with Crippen LogP contribution in [0.2, 0.25) is 0 Å². The fourth-order valence-electron chi connectivity index (χ4n) is 3.42. The zero-order valence-corrected chi connectivity index (χ0v) is 13.2. The van der Waals surface area contributed by atoms with Gasteiger partial charge in [0.05, 0.1) is 12.5 Å². The van der Waals surface area contributed by atoms with Crippen molar-refractivity contribution < 1.29 is 9.15 Å². The maximum absolute atomic E-state index is 12.7. The Labute approximate surface area is 134 Å². The lowest BCUT2D eigenvalue weighted by atomic mass is 10.0. The normalized spacial score (nSPS) is 15.3. The Morgan fingerprint density at radius 1 is 1.04 bits per heavy atom. The quantitative estimate of drug-likeness (QED) is 0.672. The first kappa shape index (κ1) is 14.1. The molecule has 0 amide bonds. The minimum absolute atomic E-state index is 0.00526. The highest BCUT2D eigenvalue weighted by Crippen LogP contribution is 2.33. The van der Waals surface area contributed by atoms with Crippen molar-refractivity contribution in [3.05, 3.63) is 46.6 Å². The number of piperidine rings is 1. The van der Waals surface area contributed by atoms with Crippen molar-refractivity contribution in [1.29, 1.82) is 0 Å². The molecule has 1 aromatic heterocycles. The first-order valence-corrected chi connectivity index (χ1v) is 8.06. The zero-order chi connectivity index (χ0) is 15.8. The highest BCUT2D eigenvalue weighted by atomic mass is 16.5. The molecule has 2 aromatic carbocycles. The van der Waals surface area contributed by atoms with Gasteiger partial charge in [0, 0.05) is 36.0 Å². The van der Waals surface area contributed by atoms with Gasteiger partial charge in [0.1, 0.15) is 11.3 Å². The summed E-state index contributed by atoms with van der Waals surface area (Å²) in [7, 11) is 1.64. The summed E-state index contributed by atoms with van der Waals surface area (Å²) in [6.45, 7) is 1.89. The van der Waals surface area contributed by atoms with E-state index in [0.717, 1.165) is 42.5 Å². The van der Waals surface area contributed by atoms with Crippen LogP contribution in [0.4, 0.5) is 5.88 Å². The lowest BCUT2D eigenvalue weighted by molar-refractivity contribution is 0.419. The van der Waals surface area contributed by atoms with Crippen LogP contribution in [0.3, 0.4) is 0 Å². The second-order valence-corrected chi connectivity index (χ2v) is 5.99. The van der Waals surface area contributed by atoms with Gasteiger partial charge in [0.2, 0.25) is 0 Å². The monoisotopic (exact) mass is 309 g/mol. The number of nitrogens with zero attached hydrogens (tertiary/aromatic N) is 1. The SMILES string of the molecule is COc1cc2oc(N3CCCCC3)cc(=O)c2c2ccccc12. The van der Waals surface area contributed by atoms with Gasteiger partial charge in [0.25, 0.3) is 0 Å². The molecule has 0 atom stereocenters. The summed E-state index contributed by atoms with van der Waals surface area (Å²) >= 11 is 0. The summed E-state index contributed by atoms with van der Waals surface area (Å²) in [4.78, 5) is 14.9. The predicted octanol–water partition coefficient (Wildman–Crippen LogP) is 3.95. The molecule has 0 bridgehead atoms. The van der Waals surface area contributed by atoms with E-state index in [1.54, 1.807) is 13.2 Å². The molecule has 1 saturated heterocycles. The summed E-state index contributed by atoms with van der Waals surface area (Å²) < 4.78 is 11.6. The highest BCUT2D eigenvalue weighted by molar-refractivity contribution is 6.08. The molecule has 1 aliphatic rings. The molecule has 0 saturated carbocycles. The number of hydrogen-bond acceptors (Lipinski definition) is 4. The second-order valence-electron chi connectivity index (χ2n) is 5.99. The summed E-state index contributed by atoms with van der Waals surface area (Å²) in [5.74, 6) is 1.39. The Morgan fingerprint density at radius 2 is 1.78 bits per heavy atom. The van der Waals surface area contributed by atoms with E-state index in [4.69, 9.17) is 9.15 Å².